The van der Waals surface area contributed by atoms with Gasteiger partial charge >= 0.3 is 5.97 Å². The molecule has 0 N–H and O–H groups in total. The monoisotopic (exact) mass is 309 g/mol. The molecule has 1 aliphatic heterocycles. The Morgan fingerprint density at radius 2 is 1.67 bits per heavy atom. The number of hydrogen-bond donors (Lipinski definition) is 0. The van der Waals surface area contributed by atoms with Gasteiger partial charge in [0, 0.05) is 24.6 Å². The van der Waals surface area contributed by atoms with E-state index in [1.54, 1.807) is 0 Å². The summed E-state index contributed by atoms with van der Waals surface area (Å²) >= 11 is 1.99. The van der Waals surface area contributed by atoms with Gasteiger partial charge in [-0.05, 0) is 62.7 Å². The van der Waals surface area contributed by atoms with E-state index in [0.29, 0.717) is 18.4 Å². The van der Waals surface area contributed by atoms with Gasteiger partial charge in [0.05, 0.1) is 6.54 Å². The minimum atomic E-state index is -0.158. The van der Waals surface area contributed by atoms with Crippen molar-refractivity contribution >= 4 is 17.7 Å². The number of nitrogens with zero attached hydrogens (tertiary/aromatic N) is 1. The first-order chi connectivity index (χ1) is 10.1. The zero-order valence-corrected chi connectivity index (χ0v) is 13.9. The maximum atomic E-state index is 12.4. The van der Waals surface area contributed by atoms with E-state index >= 15 is 0 Å². The molecule has 1 saturated heterocycles. The Labute approximate surface area is 132 Å². The summed E-state index contributed by atoms with van der Waals surface area (Å²) in [4.78, 5) is 14.7. The normalized spacial score (nSPS) is 45.8. The summed E-state index contributed by atoms with van der Waals surface area (Å²) < 4.78 is 6.13. The molecule has 4 aliphatic carbocycles. The molecule has 0 atom stereocenters. The molecule has 21 heavy (non-hydrogen) atoms. The van der Waals surface area contributed by atoms with Gasteiger partial charge in [-0.2, -0.15) is 11.8 Å². The van der Waals surface area contributed by atoms with Crippen LogP contribution in [0.15, 0.2) is 0 Å². The summed E-state index contributed by atoms with van der Waals surface area (Å²) in [5, 5.41) is 0. The van der Waals surface area contributed by atoms with Crippen LogP contribution in [-0.4, -0.2) is 47.6 Å². The molecular formula is C17H27NO2S. The summed E-state index contributed by atoms with van der Waals surface area (Å²) in [6.07, 6.45) is 6.66. The predicted octanol–water partition coefficient (Wildman–Crippen LogP) is 2.79. The molecule has 118 valence electrons. The quantitative estimate of drug-likeness (QED) is 0.750. The SMILES string of the molecule is CC1(OC(=O)CN2CCSCC2)C2CC3CC(C2)CC1C3. The van der Waals surface area contributed by atoms with E-state index in [9.17, 15) is 4.79 Å². The Bertz CT molecular complexity index is 391. The van der Waals surface area contributed by atoms with Gasteiger partial charge < -0.3 is 4.74 Å². The smallest absolute Gasteiger partial charge is 0.320 e. The van der Waals surface area contributed by atoms with Gasteiger partial charge in [-0.25, -0.2) is 0 Å². The van der Waals surface area contributed by atoms with Crippen molar-refractivity contribution in [2.24, 2.45) is 23.7 Å². The number of rotatable bonds is 3. The molecule has 0 amide bonds. The van der Waals surface area contributed by atoms with Crippen LogP contribution < -0.4 is 0 Å². The number of carbonyl (C=O) groups is 1. The summed E-state index contributed by atoms with van der Waals surface area (Å²) in [5.74, 6) is 5.45. The highest BCUT2D eigenvalue weighted by Crippen LogP contribution is 2.59. The van der Waals surface area contributed by atoms with Crippen molar-refractivity contribution in [2.75, 3.05) is 31.1 Å². The van der Waals surface area contributed by atoms with Crippen molar-refractivity contribution in [1.29, 1.82) is 0 Å². The number of hydrogen-bond acceptors (Lipinski definition) is 4. The second-order valence-electron chi connectivity index (χ2n) is 7.85. The highest BCUT2D eigenvalue weighted by Gasteiger charge is 2.57. The third kappa shape index (κ3) is 2.63. The molecule has 5 fully saturated rings. The van der Waals surface area contributed by atoms with Crippen molar-refractivity contribution in [2.45, 2.75) is 44.6 Å². The summed E-state index contributed by atoms with van der Waals surface area (Å²) in [7, 11) is 0. The molecule has 4 saturated carbocycles. The zero-order chi connectivity index (χ0) is 14.4. The van der Waals surface area contributed by atoms with E-state index in [1.165, 1.54) is 32.1 Å². The average Bonchev–Trinajstić information content (AvgIpc) is 2.45. The van der Waals surface area contributed by atoms with Crippen LogP contribution in [0.3, 0.4) is 0 Å². The predicted molar refractivity (Wildman–Crippen MR) is 85.3 cm³/mol. The van der Waals surface area contributed by atoms with E-state index in [-0.39, 0.29) is 11.6 Å². The van der Waals surface area contributed by atoms with Crippen molar-refractivity contribution in [3.05, 3.63) is 0 Å². The van der Waals surface area contributed by atoms with Gasteiger partial charge in [0.2, 0.25) is 0 Å². The summed E-state index contributed by atoms with van der Waals surface area (Å²) in [6.45, 7) is 4.81. The molecule has 4 bridgehead atoms. The first-order valence-corrected chi connectivity index (χ1v) is 9.81. The van der Waals surface area contributed by atoms with Crippen LogP contribution in [0.1, 0.15) is 39.0 Å². The van der Waals surface area contributed by atoms with Gasteiger partial charge in [-0.3, -0.25) is 9.69 Å². The average molecular weight is 309 g/mol. The minimum absolute atomic E-state index is 0.0249. The van der Waals surface area contributed by atoms with Crippen LogP contribution in [0.5, 0.6) is 0 Å². The number of ether oxygens (including phenoxy) is 1. The third-order valence-corrected chi connectivity index (χ3v) is 7.49. The molecule has 5 rings (SSSR count). The summed E-state index contributed by atoms with van der Waals surface area (Å²) in [5.41, 5.74) is -0.158. The molecule has 5 aliphatic rings. The van der Waals surface area contributed by atoms with Crippen molar-refractivity contribution in [3.63, 3.8) is 0 Å². The molecule has 0 aromatic rings. The molecule has 0 spiro atoms. The number of carbonyl (C=O) groups excluding carboxylic acids is 1. The molecule has 1 heterocycles. The Balaban J connectivity index is 1.40. The fraction of sp³-hybridized carbons (Fsp3) is 0.941. The van der Waals surface area contributed by atoms with Gasteiger partial charge in [0.15, 0.2) is 0 Å². The van der Waals surface area contributed by atoms with Gasteiger partial charge in [-0.1, -0.05) is 0 Å². The van der Waals surface area contributed by atoms with E-state index in [4.69, 9.17) is 4.74 Å². The highest BCUT2D eigenvalue weighted by atomic mass is 32.2. The van der Waals surface area contributed by atoms with Crippen molar-refractivity contribution < 1.29 is 9.53 Å². The fourth-order valence-corrected chi connectivity index (χ4v) is 6.48. The highest BCUT2D eigenvalue weighted by molar-refractivity contribution is 7.99. The van der Waals surface area contributed by atoms with Crippen molar-refractivity contribution in [3.8, 4) is 0 Å². The number of esters is 1. The second-order valence-corrected chi connectivity index (χ2v) is 9.08. The second kappa shape index (κ2) is 5.45. The van der Waals surface area contributed by atoms with Crippen LogP contribution in [0.4, 0.5) is 0 Å². The van der Waals surface area contributed by atoms with Crippen LogP contribution in [0, 0.1) is 23.7 Å². The molecule has 3 nitrogen and oxygen atoms in total. The lowest BCUT2D eigenvalue weighted by molar-refractivity contribution is -0.204. The Kier molecular flexibility index (Phi) is 3.73. The topological polar surface area (TPSA) is 29.5 Å². The van der Waals surface area contributed by atoms with Crippen LogP contribution in [0.2, 0.25) is 0 Å². The van der Waals surface area contributed by atoms with E-state index in [1.807, 2.05) is 11.8 Å². The Morgan fingerprint density at radius 1 is 1.10 bits per heavy atom. The van der Waals surface area contributed by atoms with Crippen LogP contribution in [-0.2, 0) is 9.53 Å². The minimum Gasteiger partial charge on any atom is -0.458 e. The van der Waals surface area contributed by atoms with E-state index in [2.05, 4.69) is 11.8 Å². The van der Waals surface area contributed by atoms with Crippen LogP contribution in [0.25, 0.3) is 0 Å². The Hall–Kier alpha value is -0.220. The molecule has 0 aromatic heterocycles. The summed E-state index contributed by atoms with van der Waals surface area (Å²) in [6, 6.07) is 0. The van der Waals surface area contributed by atoms with Gasteiger partial charge in [0.25, 0.3) is 0 Å². The molecule has 0 radical (unpaired) electrons. The standard InChI is InChI=1S/C17H27NO2S/c1-17(20-16(19)11-18-2-4-21-5-3-18)14-7-12-6-13(9-14)10-15(17)8-12/h12-15H,2-11H2,1H3. The Morgan fingerprint density at radius 3 is 2.24 bits per heavy atom. The fourth-order valence-electron chi connectivity index (χ4n) is 5.51. The van der Waals surface area contributed by atoms with Gasteiger partial charge in [0.1, 0.15) is 5.60 Å². The third-order valence-electron chi connectivity index (χ3n) is 6.55. The lowest BCUT2D eigenvalue weighted by atomic mass is 9.50. The van der Waals surface area contributed by atoms with Crippen LogP contribution >= 0.6 is 11.8 Å². The largest absolute Gasteiger partial charge is 0.458 e. The first kappa shape index (κ1) is 14.4. The first-order valence-electron chi connectivity index (χ1n) is 8.65. The molecule has 4 heteroatoms. The van der Waals surface area contributed by atoms with E-state index < -0.39 is 0 Å². The van der Waals surface area contributed by atoms with Gasteiger partial charge in [-0.15, -0.1) is 0 Å². The molecule has 0 aromatic carbocycles. The van der Waals surface area contributed by atoms with Crippen molar-refractivity contribution in [1.82, 2.24) is 4.90 Å². The number of thioether (sulfide) groups is 1. The van der Waals surface area contributed by atoms with E-state index in [0.717, 1.165) is 36.4 Å². The lowest BCUT2D eigenvalue weighted by Crippen LogP contribution is -2.58. The molecular weight excluding hydrogens is 282 g/mol. The lowest BCUT2D eigenvalue weighted by Gasteiger charge is -2.59. The zero-order valence-electron chi connectivity index (χ0n) is 13.1. The molecule has 0 unspecified atom stereocenters. The maximum absolute atomic E-state index is 12.4. The maximum Gasteiger partial charge on any atom is 0.320 e.